The van der Waals surface area contributed by atoms with Crippen molar-refractivity contribution in [3.05, 3.63) is 41.7 Å². The maximum Gasteiger partial charge on any atom is 0.246 e. The van der Waals surface area contributed by atoms with Crippen LogP contribution in [0, 0.1) is 0 Å². The minimum Gasteiger partial charge on any atom is -0.460 e. The summed E-state index contributed by atoms with van der Waals surface area (Å²) < 4.78 is 5.85. The largest absolute Gasteiger partial charge is 0.460 e. The number of piperazine rings is 1. The summed E-state index contributed by atoms with van der Waals surface area (Å²) in [4.78, 5) is 27.3. The van der Waals surface area contributed by atoms with Crippen LogP contribution >= 0.6 is 0 Å². The number of carbonyl (C=O) groups is 2. The highest BCUT2D eigenvalue weighted by atomic mass is 16.3. The fraction of sp³-hybridized carbons (Fsp3) is 0.368. The number of aryl methyl sites for hydroxylation is 1. The van der Waals surface area contributed by atoms with Gasteiger partial charge < -0.3 is 14.2 Å². The molecular weight excluding hydrogens is 304 g/mol. The summed E-state index contributed by atoms with van der Waals surface area (Å²) in [7, 11) is 0. The molecule has 126 valence electrons. The Kier molecular flexibility index (Phi) is 4.69. The van der Waals surface area contributed by atoms with Gasteiger partial charge in [0.05, 0.1) is 0 Å². The number of nitrogens with zero attached hydrogens (tertiary/aromatic N) is 2. The van der Waals surface area contributed by atoms with Crippen LogP contribution in [-0.2, 0) is 16.0 Å². The topological polar surface area (TPSA) is 53.8 Å². The summed E-state index contributed by atoms with van der Waals surface area (Å²) in [6, 6.07) is 7.86. The average Bonchev–Trinajstić information content (AvgIpc) is 2.97. The first-order chi connectivity index (χ1) is 11.6. The lowest BCUT2D eigenvalue weighted by atomic mass is 10.1. The van der Waals surface area contributed by atoms with E-state index in [1.54, 1.807) is 22.8 Å². The third kappa shape index (κ3) is 3.20. The second kappa shape index (κ2) is 6.91. The molecule has 0 atom stereocenters. The van der Waals surface area contributed by atoms with E-state index in [0.717, 1.165) is 28.7 Å². The van der Waals surface area contributed by atoms with E-state index in [9.17, 15) is 9.59 Å². The molecule has 0 unspecified atom stereocenters. The van der Waals surface area contributed by atoms with Crippen LogP contribution < -0.4 is 0 Å². The van der Waals surface area contributed by atoms with Crippen molar-refractivity contribution in [2.24, 2.45) is 0 Å². The van der Waals surface area contributed by atoms with Crippen molar-refractivity contribution < 1.29 is 14.0 Å². The number of carbonyl (C=O) groups excluding carboxylic acids is 2. The molecule has 3 rings (SSSR count). The van der Waals surface area contributed by atoms with E-state index >= 15 is 0 Å². The van der Waals surface area contributed by atoms with Crippen molar-refractivity contribution in [2.75, 3.05) is 26.2 Å². The van der Waals surface area contributed by atoms with Crippen molar-refractivity contribution >= 4 is 28.9 Å². The van der Waals surface area contributed by atoms with Gasteiger partial charge in [0.15, 0.2) is 0 Å². The zero-order chi connectivity index (χ0) is 17.1. The molecule has 0 aliphatic carbocycles. The summed E-state index contributed by atoms with van der Waals surface area (Å²) in [6.07, 6.45) is 4.24. The molecule has 5 nitrogen and oxygen atoms in total. The Labute approximate surface area is 141 Å². The van der Waals surface area contributed by atoms with Gasteiger partial charge in [0.1, 0.15) is 11.3 Å². The van der Waals surface area contributed by atoms with Gasteiger partial charge in [0.2, 0.25) is 11.8 Å². The number of hydrogen-bond acceptors (Lipinski definition) is 3. The van der Waals surface area contributed by atoms with E-state index < -0.39 is 0 Å². The highest BCUT2D eigenvalue weighted by molar-refractivity contribution is 5.96. The lowest BCUT2D eigenvalue weighted by Gasteiger charge is -2.33. The highest BCUT2D eigenvalue weighted by Crippen LogP contribution is 2.27. The molecule has 0 spiro atoms. The minimum atomic E-state index is -0.0227. The van der Waals surface area contributed by atoms with Gasteiger partial charge in [-0.25, -0.2) is 0 Å². The Morgan fingerprint density at radius 2 is 1.79 bits per heavy atom. The van der Waals surface area contributed by atoms with Crippen LogP contribution in [0.4, 0.5) is 0 Å². The molecule has 1 aliphatic heterocycles. The van der Waals surface area contributed by atoms with E-state index in [0.29, 0.717) is 26.2 Å². The van der Waals surface area contributed by atoms with Gasteiger partial charge in [0, 0.05) is 56.5 Å². The number of hydrogen-bond donors (Lipinski definition) is 0. The Morgan fingerprint density at radius 1 is 1.12 bits per heavy atom. The third-order valence-corrected chi connectivity index (χ3v) is 4.46. The zero-order valence-corrected chi connectivity index (χ0v) is 14.1. The van der Waals surface area contributed by atoms with E-state index in [2.05, 4.69) is 0 Å². The summed E-state index contributed by atoms with van der Waals surface area (Å²) in [5.41, 5.74) is 1.82. The Morgan fingerprint density at radius 3 is 2.46 bits per heavy atom. The van der Waals surface area contributed by atoms with Gasteiger partial charge in [-0.1, -0.05) is 25.1 Å². The molecule has 1 saturated heterocycles. The molecule has 0 N–H and O–H groups in total. The molecule has 2 heterocycles. The first kappa shape index (κ1) is 16.3. The zero-order valence-electron chi connectivity index (χ0n) is 14.1. The molecule has 0 bridgehead atoms. The maximum absolute atomic E-state index is 12.4. The summed E-state index contributed by atoms with van der Waals surface area (Å²) in [6.45, 7) is 5.96. The van der Waals surface area contributed by atoms with E-state index in [4.69, 9.17) is 4.42 Å². The lowest BCUT2D eigenvalue weighted by molar-refractivity contribution is -0.135. The fourth-order valence-corrected chi connectivity index (χ4v) is 3.06. The van der Waals surface area contributed by atoms with Crippen molar-refractivity contribution in [3.63, 3.8) is 0 Å². The molecule has 5 heteroatoms. The lowest BCUT2D eigenvalue weighted by Crippen LogP contribution is -2.49. The van der Waals surface area contributed by atoms with Crippen LogP contribution in [-0.4, -0.2) is 47.8 Å². The fourth-order valence-electron chi connectivity index (χ4n) is 3.06. The Bertz CT molecular complexity index is 783. The summed E-state index contributed by atoms with van der Waals surface area (Å²) in [5, 5.41) is 1.03. The number of benzene rings is 1. The van der Waals surface area contributed by atoms with Gasteiger partial charge in [-0.2, -0.15) is 0 Å². The summed E-state index contributed by atoms with van der Waals surface area (Å²) >= 11 is 0. The molecule has 2 amide bonds. The van der Waals surface area contributed by atoms with E-state index in [-0.39, 0.29) is 11.8 Å². The molecule has 2 aromatic rings. The molecule has 1 fully saturated rings. The third-order valence-electron chi connectivity index (χ3n) is 4.46. The molecular formula is C19H22N2O3. The molecule has 0 saturated carbocycles. The van der Waals surface area contributed by atoms with Gasteiger partial charge in [-0.3, -0.25) is 9.59 Å². The first-order valence-electron chi connectivity index (χ1n) is 8.33. The number of para-hydroxylation sites is 1. The second-order valence-corrected chi connectivity index (χ2v) is 5.95. The van der Waals surface area contributed by atoms with Gasteiger partial charge in [0.25, 0.3) is 0 Å². The second-order valence-electron chi connectivity index (χ2n) is 5.95. The quantitative estimate of drug-likeness (QED) is 0.815. The van der Waals surface area contributed by atoms with E-state index in [1.165, 1.54) is 0 Å². The summed E-state index contributed by atoms with van der Waals surface area (Å²) in [5.74, 6) is 0.933. The van der Waals surface area contributed by atoms with Crippen LogP contribution in [0.5, 0.6) is 0 Å². The molecule has 24 heavy (non-hydrogen) atoms. The number of fused-ring (bicyclic) bond motifs is 1. The smallest absolute Gasteiger partial charge is 0.246 e. The Balaban J connectivity index is 1.74. The first-order valence-corrected chi connectivity index (χ1v) is 8.33. The van der Waals surface area contributed by atoms with Crippen molar-refractivity contribution in [1.29, 1.82) is 0 Å². The molecule has 1 aromatic carbocycles. The van der Waals surface area contributed by atoms with Crippen molar-refractivity contribution in [2.45, 2.75) is 20.3 Å². The van der Waals surface area contributed by atoms with Crippen LogP contribution in [0.3, 0.4) is 0 Å². The Hall–Kier alpha value is -2.56. The standard InChI is InChI=1S/C19H22N2O3/c1-3-17-16(15-6-4-5-7-18(15)24-17)8-9-19(23)21-12-10-20(11-13-21)14(2)22/h4-9H,3,10-13H2,1-2H3. The number of furan rings is 1. The van der Waals surface area contributed by atoms with Gasteiger partial charge in [-0.05, 0) is 12.1 Å². The predicted molar refractivity (Wildman–Crippen MR) is 93.5 cm³/mol. The van der Waals surface area contributed by atoms with E-state index in [1.807, 2.05) is 37.3 Å². The number of rotatable bonds is 3. The van der Waals surface area contributed by atoms with Crippen LogP contribution in [0.1, 0.15) is 25.2 Å². The molecule has 0 radical (unpaired) electrons. The van der Waals surface area contributed by atoms with Crippen LogP contribution in [0.15, 0.2) is 34.8 Å². The average molecular weight is 326 g/mol. The highest BCUT2D eigenvalue weighted by Gasteiger charge is 2.21. The van der Waals surface area contributed by atoms with Crippen molar-refractivity contribution in [3.8, 4) is 0 Å². The SMILES string of the molecule is CCc1oc2ccccc2c1C=CC(=O)N1CCN(C(C)=O)CC1. The van der Waals surface area contributed by atoms with Crippen molar-refractivity contribution in [1.82, 2.24) is 9.80 Å². The molecule has 1 aromatic heterocycles. The minimum absolute atomic E-state index is 0.0227. The van der Waals surface area contributed by atoms with Gasteiger partial charge >= 0.3 is 0 Å². The van der Waals surface area contributed by atoms with Crippen LogP contribution in [0.25, 0.3) is 17.0 Å². The normalized spacial score (nSPS) is 15.4. The monoisotopic (exact) mass is 326 g/mol. The predicted octanol–water partition coefficient (Wildman–Crippen LogP) is 2.70. The maximum atomic E-state index is 12.4. The number of amides is 2. The van der Waals surface area contributed by atoms with Gasteiger partial charge in [-0.15, -0.1) is 0 Å². The molecule has 1 aliphatic rings. The van der Waals surface area contributed by atoms with Crippen LogP contribution in [0.2, 0.25) is 0 Å².